The first-order valence-electron chi connectivity index (χ1n) is 7.50. The molecule has 20 heavy (non-hydrogen) atoms. The number of ether oxygens (including phenoxy) is 1. The number of carbonyl (C=O) groups is 2. The average Bonchev–Trinajstić information content (AvgIpc) is 2.72. The Bertz CT molecular complexity index is 361. The highest BCUT2D eigenvalue weighted by molar-refractivity contribution is 5.77. The molecule has 0 radical (unpaired) electrons. The van der Waals surface area contributed by atoms with E-state index in [1.165, 1.54) is 12.8 Å². The number of amides is 2. The topological polar surface area (TPSA) is 70.1 Å². The van der Waals surface area contributed by atoms with E-state index in [2.05, 4.69) is 6.92 Å². The number of hydrogen-bond acceptors (Lipinski definition) is 3. The van der Waals surface area contributed by atoms with E-state index in [-0.39, 0.29) is 12.6 Å². The number of carboxylic acid groups (broad SMARTS) is 1. The Morgan fingerprint density at radius 3 is 2.70 bits per heavy atom. The zero-order chi connectivity index (χ0) is 14.5. The Balaban J connectivity index is 1.91. The van der Waals surface area contributed by atoms with E-state index in [9.17, 15) is 9.59 Å². The normalized spacial score (nSPS) is 28.1. The van der Waals surface area contributed by atoms with Crippen molar-refractivity contribution >= 4 is 12.0 Å². The van der Waals surface area contributed by atoms with Crippen molar-refractivity contribution in [1.82, 2.24) is 9.80 Å². The molecule has 2 aliphatic rings. The fourth-order valence-corrected chi connectivity index (χ4v) is 2.94. The van der Waals surface area contributed by atoms with Crippen molar-refractivity contribution in [2.45, 2.75) is 38.7 Å². The molecular formula is C14H24N2O4. The lowest BCUT2D eigenvalue weighted by molar-refractivity contribution is -0.154. The Labute approximate surface area is 119 Å². The minimum Gasteiger partial charge on any atom is -0.479 e. The van der Waals surface area contributed by atoms with Gasteiger partial charge in [-0.3, -0.25) is 0 Å². The smallest absolute Gasteiger partial charge is 0.334 e. The SMILES string of the molecule is CCC1CCCN(C(=O)N2CCOC(C(=O)O)C2)CC1. The van der Waals surface area contributed by atoms with Gasteiger partial charge in [0.1, 0.15) is 0 Å². The number of morpholine rings is 1. The number of likely N-dealkylation sites (tertiary alicyclic amines) is 1. The second-order valence-corrected chi connectivity index (χ2v) is 5.62. The Morgan fingerprint density at radius 2 is 2.00 bits per heavy atom. The highest BCUT2D eigenvalue weighted by atomic mass is 16.5. The second-order valence-electron chi connectivity index (χ2n) is 5.62. The van der Waals surface area contributed by atoms with Crippen LogP contribution in [-0.2, 0) is 9.53 Å². The standard InChI is InChI=1S/C14H24N2O4/c1-2-11-4-3-6-15(7-5-11)14(19)16-8-9-20-12(10-16)13(17)18/h11-12H,2-10H2,1H3,(H,17,18). The van der Waals surface area contributed by atoms with Crippen LogP contribution in [0.5, 0.6) is 0 Å². The van der Waals surface area contributed by atoms with Gasteiger partial charge in [-0.05, 0) is 25.2 Å². The summed E-state index contributed by atoms with van der Waals surface area (Å²) in [5, 5.41) is 8.98. The molecule has 6 heteroatoms. The van der Waals surface area contributed by atoms with Gasteiger partial charge in [-0.1, -0.05) is 13.3 Å². The summed E-state index contributed by atoms with van der Waals surface area (Å²) in [5.41, 5.74) is 0. The van der Waals surface area contributed by atoms with Crippen LogP contribution < -0.4 is 0 Å². The number of rotatable bonds is 2. The van der Waals surface area contributed by atoms with E-state index in [1.807, 2.05) is 4.90 Å². The molecule has 1 N–H and O–H groups in total. The molecule has 0 bridgehead atoms. The number of urea groups is 1. The van der Waals surface area contributed by atoms with Crippen LogP contribution in [0.15, 0.2) is 0 Å². The molecule has 0 saturated carbocycles. The number of nitrogens with zero attached hydrogens (tertiary/aromatic N) is 2. The van der Waals surface area contributed by atoms with Gasteiger partial charge in [-0.15, -0.1) is 0 Å². The summed E-state index contributed by atoms with van der Waals surface area (Å²) in [6.45, 7) is 4.70. The van der Waals surface area contributed by atoms with Crippen molar-refractivity contribution < 1.29 is 19.4 Å². The van der Waals surface area contributed by atoms with Crippen LogP contribution in [0.3, 0.4) is 0 Å². The molecule has 2 amide bonds. The maximum atomic E-state index is 12.5. The Kier molecular flexibility index (Phi) is 5.23. The van der Waals surface area contributed by atoms with Crippen LogP contribution >= 0.6 is 0 Å². The predicted octanol–water partition coefficient (Wildman–Crippen LogP) is 1.40. The molecule has 2 unspecified atom stereocenters. The predicted molar refractivity (Wildman–Crippen MR) is 73.5 cm³/mol. The van der Waals surface area contributed by atoms with Gasteiger partial charge < -0.3 is 19.6 Å². The summed E-state index contributed by atoms with van der Waals surface area (Å²) in [6.07, 6.45) is 3.55. The molecule has 2 heterocycles. The monoisotopic (exact) mass is 284 g/mol. The van der Waals surface area contributed by atoms with Crippen LogP contribution in [0.4, 0.5) is 4.79 Å². The first-order valence-corrected chi connectivity index (χ1v) is 7.50. The molecule has 114 valence electrons. The molecule has 2 saturated heterocycles. The van der Waals surface area contributed by atoms with E-state index in [0.717, 1.165) is 25.9 Å². The van der Waals surface area contributed by atoms with E-state index in [4.69, 9.17) is 9.84 Å². The van der Waals surface area contributed by atoms with Crippen LogP contribution in [-0.4, -0.2) is 65.8 Å². The summed E-state index contributed by atoms with van der Waals surface area (Å²) in [6, 6.07) is -0.0312. The van der Waals surface area contributed by atoms with Gasteiger partial charge >= 0.3 is 12.0 Å². The first-order chi connectivity index (χ1) is 9.61. The van der Waals surface area contributed by atoms with Crippen LogP contribution in [0, 0.1) is 5.92 Å². The van der Waals surface area contributed by atoms with Crippen molar-refractivity contribution in [2.75, 3.05) is 32.8 Å². The fourth-order valence-electron chi connectivity index (χ4n) is 2.94. The van der Waals surface area contributed by atoms with Crippen LogP contribution in [0.25, 0.3) is 0 Å². The molecule has 0 aliphatic carbocycles. The number of carbonyl (C=O) groups excluding carboxylic acids is 1. The van der Waals surface area contributed by atoms with Crippen molar-refractivity contribution in [3.63, 3.8) is 0 Å². The number of carboxylic acids is 1. The minimum atomic E-state index is -0.996. The lowest BCUT2D eigenvalue weighted by Gasteiger charge is -2.34. The quantitative estimate of drug-likeness (QED) is 0.832. The summed E-state index contributed by atoms with van der Waals surface area (Å²) >= 11 is 0. The van der Waals surface area contributed by atoms with E-state index in [0.29, 0.717) is 19.1 Å². The molecule has 2 atom stereocenters. The number of aliphatic carboxylic acids is 1. The lowest BCUT2D eigenvalue weighted by Crippen LogP contribution is -2.53. The third-order valence-corrected chi connectivity index (χ3v) is 4.31. The summed E-state index contributed by atoms with van der Waals surface area (Å²) in [4.78, 5) is 26.9. The van der Waals surface area contributed by atoms with Crippen molar-refractivity contribution in [3.8, 4) is 0 Å². The zero-order valence-corrected chi connectivity index (χ0v) is 12.1. The third kappa shape index (κ3) is 3.62. The molecule has 2 fully saturated rings. The lowest BCUT2D eigenvalue weighted by atomic mass is 9.98. The second kappa shape index (κ2) is 6.92. The van der Waals surface area contributed by atoms with Gasteiger partial charge in [0.2, 0.25) is 0 Å². The average molecular weight is 284 g/mol. The van der Waals surface area contributed by atoms with Crippen molar-refractivity contribution in [2.24, 2.45) is 5.92 Å². The summed E-state index contributed by atoms with van der Waals surface area (Å²) < 4.78 is 5.15. The molecular weight excluding hydrogens is 260 g/mol. The molecule has 2 rings (SSSR count). The zero-order valence-electron chi connectivity index (χ0n) is 12.1. The molecule has 2 aliphatic heterocycles. The largest absolute Gasteiger partial charge is 0.479 e. The Morgan fingerprint density at radius 1 is 1.20 bits per heavy atom. The minimum absolute atomic E-state index is 0.0312. The molecule has 6 nitrogen and oxygen atoms in total. The first kappa shape index (κ1) is 15.1. The summed E-state index contributed by atoms with van der Waals surface area (Å²) in [5.74, 6) is -0.284. The highest BCUT2D eigenvalue weighted by Crippen LogP contribution is 2.21. The fraction of sp³-hybridized carbons (Fsp3) is 0.857. The highest BCUT2D eigenvalue weighted by Gasteiger charge is 2.31. The maximum Gasteiger partial charge on any atom is 0.334 e. The van der Waals surface area contributed by atoms with Gasteiger partial charge in [-0.2, -0.15) is 0 Å². The van der Waals surface area contributed by atoms with E-state index >= 15 is 0 Å². The third-order valence-electron chi connectivity index (χ3n) is 4.31. The summed E-state index contributed by atoms with van der Waals surface area (Å²) in [7, 11) is 0. The molecule has 0 aromatic rings. The van der Waals surface area contributed by atoms with Gasteiger partial charge in [0.05, 0.1) is 13.2 Å². The number of hydrogen-bond donors (Lipinski definition) is 1. The Hall–Kier alpha value is -1.30. The molecule has 0 aromatic carbocycles. The van der Waals surface area contributed by atoms with Crippen LogP contribution in [0.1, 0.15) is 32.6 Å². The molecule has 0 spiro atoms. The maximum absolute atomic E-state index is 12.5. The van der Waals surface area contributed by atoms with Gasteiger partial charge in [-0.25, -0.2) is 9.59 Å². The molecule has 0 aromatic heterocycles. The van der Waals surface area contributed by atoms with Crippen molar-refractivity contribution in [1.29, 1.82) is 0 Å². The van der Waals surface area contributed by atoms with Crippen LogP contribution in [0.2, 0.25) is 0 Å². The van der Waals surface area contributed by atoms with Gasteiger partial charge in [0, 0.05) is 19.6 Å². The van der Waals surface area contributed by atoms with Gasteiger partial charge in [0.25, 0.3) is 0 Å². The van der Waals surface area contributed by atoms with E-state index in [1.54, 1.807) is 4.90 Å². The van der Waals surface area contributed by atoms with Gasteiger partial charge in [0.15, 0.2) is 6.10 Å². The van der Waals surface area contributed by atoms with Crippen molar-refractivity contribution in [3.05, 3.63) is 0 Å². The van der Waals surface area contributed by atoms with E-state index < -0.39 is 12.1 Å².